The summed E-state index contributed by atoms with van der Waals surface area (Å²) >= 11 is 0. The Labute approximate surface area is 65.8 Å². The highest BCUT2D eigenvalue weighted by atomic mass is 14.3. The van der Waals surface area contributed by atoms with E-state index in [9.17, 15) is 0 Å². The quantitative estimate of drug-likeness (QED) is 0.523. The minimum absolute atomic E-state index is 0.861. The van der Waals surface area contributed by atoms with Crippen LogP contribution in [0.4, 0.5) is 0 Å². The highest BCUT2D eigenvalue weighted by Gasteiger charge is 2.23. The lowest BCUT2D eigenvalue weighted by atomic mass is 9.82. The van der Waals surface area contributed by atoms with Crippen LogP contribution in [0.5, 0.6) is 0 Å². The molecule has 0 nitrogen and oxygen atoms in total. The van der Waals surface area contributed by atoms with Crippen LogP contribution in [0.15, 0.2) is 0 Å². The fourth-order valence-corrected chi connectivity index (χ4v) is 2.17. The molecule has 0 amide bonds. The molecule has 1 fully saturated rings. The molecule has 1 aliphatic carbocycles. The van der Waals surface area contributed by atoms with Crippen LogP contribution in [0.3, 0.4) is 0 Å². The summed E-state index contributed by atoms with van der Waals surface area (Å²) in [6.07, 6.45) is 7.91. The van der Waals surface area contributed by atoms with Crippen LogP contribution < -0.4 is 0 Å². The third-order valence-electron chi connectivity index (χ3n) is 2.78. The molecule has 0 heterocycles. The zero-order valence-electron chi connectivity index (χ0n) is 6.97. The topological polar surface area (TPSA) is 0 Å². The largest absolute Gasteiger partial charge is 0.0856 e. The first-order chi connectivity index (χ1) is 4.88. The second-order valence-electron chi connectivity index (χ2n) is 3.48. The van der Waals surface area contributed by atoms with E-state index in [-0.39, 0.29) is 0 Å². The maximum atomic E-state index is 5.65. The van der Waals surface area contributed by atoms with Gasteiger partial charge in [-0.25, -0.2) is 0 Å². The Morgan fingerprint density at radius 3 is 2.60 bits per heavy atom. The van der Waals surface area contributed by atoms with Crippen LogP contribution in [-0.4, -0.2) is 7.85 Å². The molecule has 0 aromatic carbocycles. The van der Waals surface area contributed by atoms with Gasteiger partial charge in [-0.3, -0.25) is 0 Å². The van der Waals surface area contributed by atoms with Gasteiger partial charge in [0.15, 0.2) is 0 Å². The van der Waals surface area contributed by atoms with E-state index in [1.807, 2.05) is 0 Å². The predicted octanol–water partition coefficient (Wildman–Crippen LogP) is 2.79. The predicted molar refractivity (Wildman–Crippen MR) is 46.3 cm³/mol. The molecule has 1 saturated carbocycles. The van der Waals surface area contributed by atoms with Gasteiger partial charge in [0.25, 0.3) is 0 Å². The molecule has 1 aliphatic rings. The first-order valence-corrected chi connectivity index (χ1v) is 4.58. The fraction of sp³-hybridized carbons (Fsp3) is 1.00. The lowest BCUT2D eigenvalue weighted by Gasteiger charge is -2.16. The summed E-state index contributed by atoms with van der Waals surface area (Å²) in [5.41, 5.74) is 0. The second-order valence-corrected chi connectivity index (χ2v) is 3.48. The number of hydrogen-bond acceptors (Lipinski definition) is 0. The molecule has 2 radical (unpaired) electrons. The first-order valence-electron chi connectivity index (χ1n) is 4.58. The molecule has 0 aromatic heterocycles. The van der Waals surface area contributed by atoms with E-state index in [0.29, 0.717) is 0 Å². The smallest absolute Gasteiger partial charge is 0.0656 e. The SMILES string of the molecule is [B]CC1CCCC1CCC. The van der Waals surface area contributed by atoms with Crippen molar-refractivity contribution in [2.45, 2.75) is 45.3 Å². The Balaban J connectivity index is 2.27. The van der Waals surface area contributed by atoms with E-state index >= 15 is 0 Å². The van der Waals surface area contributed by atoms with E-state index in [1.165, 1.54) is 32.1 Å². The van der Waals surface area contributed by atoms with Gasteiger partial charge in [0.1, 0.15) is 0 Å². The van der Waals surface area contributed by atoms with E-state index in [4.69, 9.17) is 7.85 Å². The highest BCUT2D eigenvalue weighted by molar-refractivity contribution is 6.08. The molecule has 0 bridgehead atoms. The van der Waals surface area contributed by atoms with Gasteiger partial charge in [-0.05, 0) is 11.8 Å². The van der Waals surface area contributed by atoms with Crippen molar-refractivity contribution in [3.63, 3.8) is 0 Å². The molecule has 0 N–H and O–H groups in total. The molecule has 2 unspecified atom stereocenters. The maximum Gasteiger partial charge on any atom is 0.0656 e. The van der Waals surface area contributed by atoms with Crippen molar-refractivity contribution >= 4 is 7.85 Å². The van der Waals surface area contributed by atoms with Crippen molar-refractivity contribution in [3.8, 4) is 0 Å². The highest BCUT2D eigenvalue weighted by Crippen LogP contribution is 2.36. The molecule has 1 heteroatoms. The van der Waals surface area contributed by atoms with Crippen LogP contribution >= 0.6 is 0 Å². The Hall–Kier alpha value is 0.0649. The zero-order chi connectivity index (χ0) is 7.40. The summed E-state index contributed by atoms with van der Waals surface area (Å²) in [5, 5.41) is 0. The summed E-state index contributed by atoms with van der Waals surface area (Å²) in [7, 11) is 5.65. The van der Waals surface area contributed by atoms with Gasteiger partial charge in [-0.1, -0.05) is 45.3 Å². The summed E-state index contributed by atoms with van der Waals surface area (Å²) in [6, 6.07) is 0. The van der Waals surface area contributed by atoms with Crippen molar-refractivity contribution < 1.29 is 0 Å². The minimum Gasteiger partial charge on any atom is -0.0856 e. The van der Waals surface area contributed by atoms with Crippen molar-refractivity contribution in [1.82, 2.24) is 0 Å². The van der Waals surface area contributed by atoms with Crippen LogP contribution in [0.2, 0.25) is 6.32 Å². The van der Waals surface area contributed by atoms with Crippen LogP contribution in [0, 0.1) is 11.8 Å². The van der Waals surface area contributed by atoms with Gasteiger partial charge >= 0.3 is 0 Å². The van der Waals surface area contributed by atoms with Crippen LogP contribution in [0.1, 0.15) is 39.0 Å². The van der Waals surface area contributed by atoms with E-state index in [2.05, 4.69) is 6.92 Å². The van der Waals surface area contributed by atoms with Gasteiger partial charge in [0.2, 0.25) is 0 Å². The molecule has 0 spiro atoms. The molecule has 56 valence electrons. The molecular weight excluding hydrogens is 119 g/mol. The van der Waals surface area contributed by atoms with Crippen molar-refractivity contribution in [2.75, 3.05) is 0 Å². The van der Waals surface area contributed by atoms with E-state index < -0.39 is 0 Å². The van der Waals surface area contributed by atoms with Gasteiger partial charge in [0.05, 0.1) is 7.85 Å². The lowest BCUT2D eigenvalue weighted by Crippen LogP contribution is -2.06. The third-order valence-corrected chi connectivity index (χ3v) is 2.78. The van der Waals surface area contributed by atoms with Crippen molar-refractivity contribution in [3.05, 3.63) is 0 Å². The standard InChI is InChI=1S/C9H17B/c1-2-4-8-5-3-6-9(8)7-10/h8-9H,2-7H2,1H3. The van der Waals surface area contributed by atoms with Crippen LogP contribution in [-0.2, 0) is 0 Å². The van der Waals surface area contributed by atoms with Gasteiger partial charge in [-0.2, -0.15) is 0 Å². The third kappa shape index (κ3) is 1.77. The Morgan fingerprint density at radius 1 is 1.30 bits per heavy atom. The average molecular weight is 136 g/mol. The molecule has 0 saturated heterocycles. The average Bonchev–Trinajstić information content (AvgIpc) is 2.36. The van der Waals surface area contributed by atoms with E-state index in [1.54, 1.807) is 0 Å². The number of hydrogen-bond donors (Lipinski definition) is 0. The van der Waals surface area contributed by atoms with Gasteiger partial charge in [-0.15, -0.1) is 0 Å². The Morgan fingerprint density at radius 2 is 2.00 bits per heavy atom. The summed E-state index contributed by atoms with van der Waals surface area (Å²) in [5.74, 6) is 1.83. The van der Waals surface area contributed by atoms with Crippen molar-refractivity contribution in [2.24, 2.45) is 11.8 Å². The summed E-state index contributed by atoms with van der Waals surface area (Å²) in [4.78, 5) is 0. The molecule has 2 atom stereocenters. The van der Waals surface area contributed by atoms with Gasteiger partial charge in [0, 0.05) is 0 Å². The lowest BCUT2D eigenvalue weighted by molar-refractivity contribution is 0.388. The molecule has 0 aromatic rings. The van der Waals surface area contributed by atoms with Crippen molar-refractivity contribution in [1.29, 1.82) is 0 Å². The van der Waals surface area contributed by atoms with Crippen LogP contribution in [0.25, 0.3) is 0 Å². The minimum atomic E-state index is 0.861. The second kappa shape index (κ2) is 4.05. The summed E-state index contributed by atoms with van der Waals surface area (Å²) in [6.45, 7) is 2.27. The zero-order valence-corrected chi connectivity index (χ0v) is 6.97. The Kier molecular flexibility index (Phi) is 3.31. The molecule has 1 rings (SSSR count). The van der Waals surface area contributed by atoms with E-state index in [0.717, 1.165) is 18.2 Å². The molecule has 0 aliphatic heterocycles. The molecular formula is C9H17B. The first kappa shape index (κ1) is 8.16. The fourth-order valence-electron chi connectivity index (χ4n) is 2.17. The normalized spacial score (nSPS) is 32.9. The summed E-state index contributed by atoms with van der Waals surface area (Å²) < 4.78 is 0. The monoisotopic (exact) mass is 136 g/mol. The Bertz CT molecular complexity index is 90.7. The van der Waals surface area contributed by atoms with Gasteiger partial charge < -0.3 is 0 Å². The molecule has 10 heavy (non-hydrogen) atoms. The maximum absolute atomic E-state index is 5.65. The number of rotatable bonds is 3.